The molecule has 0 aliphatic carbocycles. The maximum atomic E-state index is 12.2. The first-order valence-electron chi connectivity index (χ1n) is 5.79. The second-order valence-corrected chi connectivity index (χ2v) is 4.84. The van der Waals surface area contributed by atoms with Crippen molar-refractivity contribution in [1.29, 1.82) is 0 Å². The Morgan fingerprint density at radius 3 is 2.76 bits per heavy atom. The van der Waals surface area contributed by atoms with Crippen molar-refractivity contribution in [3.63, 3.8) is 0 Å². The number of hydrogen-bond acceptors (Lipinski definition) is 3. The van der Waals surface area contributed by atoms with E-state index in [1.165, 1.54) is 6.07 Å². The van der Waals surface area contributed by atoms with Gasteiger partial charge in [0.05, 0.1) is 11.2 Å². The van der Waals surface area contributed by atoms with Gasteiger partial charge in [0, 0.05) is 13.1 Å². The smallest absolute Gasteiger partial charge is 0.257 e. The predicted molar refractivity (Wildman–Crippen MR) is 63.9 cm³/mol. The minimum Gasteiger partial charge on any atom is -0.507 e. The molecule has 1 aliphatic rings. The monoisotopic (exact) mass is 235 g/mol. The normalized spacial score (nSPS) is 24.7. The van der Waals surface area contributed by atoms with Crippen molar-refractivity contribution in [3.8, 4) is 5.75 Å². The molecule has 4 heteroatoms. The molecule has 1 amide bonds. The molecule has 1 aromatic carbocycles. The fourth-order valence-corrected chi connectivity index (χ4v) is 2.22. The predicted octanol–water partition coefficient (Wildman–Crippen LogP) is 1.38. The van der Waals surface area contributed by atoms with Crippen molar-refractivity contribution >= 4 is 5.91 Å². The molecule has 1 atom stereocenters. The lowest BCUT2D eigenvalue weighted by Crippen LogP contribution is -2.48. The number of para-hydroxylation sites is 1. The van der Waals surface area contributed by atoms with Crippen LogP contribution in [-0.2, 0) is 0 Å². The summed E-state index contributed by atoms with van der Waals surface area (Å²) in [6.45, 7) is 2.68. The van der Waals surface area contributed by atoms with Crippen molar-refractivity contribution in [3.05, 3.63) is 29.8 Å². The fourth-order valence-electron chi connectivity index (χ4n) is 2.22. The summed E-state index contributed by atoms with van der Waals surface area (Å²) in [7, 11) is 0. The highest BCUT2D eigenvalue weighted by Crippen LogP contribution is 2.24. The summed E-state index contributed by atoms with van der Waals surface area (Å²) in [6, 6.07) is 6.49. The molecule has 1 heterocycles. The first-order chi connectivity index (χ1) is 7.99. The summed E-state index contributed by atoms with van der Waals surface area (Å²) in [6.07, 6.45) is 1.49. The van der Waals surface area contributed by atoms with Gasteiger partial charge in [-0.15, -0.1) is 0 Å². The van der Waals surface area contributed by atoms with Crippen molar-refractivity contribution in [2.24, 2.45) is 0 Å². The van der Waals surface area contributed by atoms with E-state index in [-0.39, 0.29) is 11.7 Å². The molecule has 1 saturated heterocycles. The number of phenolic OH excluding ortho intramolecular Hbond substituents is 1. The highest BCUT2D eigenvalue weighted by atomic mass is 16.3. The standard InChI is InChI=1S/C13H17NO3/c1-13(17)7-4-8-14(9-13)12(16)10-5-2-3-6-11(10)15/h2-3,5-6,15,17H,4,7-9H2,1H3. The molecule has 0 aromatic heterocycles. The zero-order valence-electron chi connectivity index (χ0n) is 9.89. The number of likely N-dealkylation sites (tertiary alicyclic amines) is 1. The Labute approximate surface area is 100 Å². The molecule has 1 unspecified atom stereocenters. The van der Waals surface area contributed by atoms with Gasteiger partial charge in [0.1, 0.15) is 5.75 Å². The molecule has 92 valence electrons. The van der Waals surface area contributed by atoms with E-state index in [1.54, 1.807) is 30.0 Å². The second-order valence-electron chi connectivity index (χ2n) is 4.84. The molecule has 2 N–H and O–H groups in total. The highest BCUT2D eigenvalue weighted by molar-refractivity contribution is 5.96. The zero-order chi connectivity index (χ0) is 12.5. The van der Waals surface area contributed by atoms with Crippen LogP contribution < -0.4 is 0 Å². The molecular formula is C13H17NO3. The third-order valence-electron chi connectivity index (χ3n) is 3.10. The number of benzene rings is 1. The summed E-state index contributed by atoms with van der Waals surface area (Å²) in [4.78, 5) is 13.8. The van der Waals surface area contributed by atoms with Crippen LogP contribution in [0.1, 0.15) is 30.1 Å². The SMILES string of the molecule is CC1(O)CCCN(C(=O)c2ccccc2O)C1. The van der Waals surface area contributed by atoms with Gasteiger partial charge in [-0.05, 0) is 31.9 Å². The number of hydrogen-bond donors (Lipinski definition) is 2. The molecule has 17 heavy (non-hydrogen) atoms. The third-order valence-corrected chi connectivity index (χ3v) is 3.10. The van der Waals surface area contributed by atoms with E-state index >= 15 is 0 Å². The molecular weight excluding hydrogens is 218 g/mol. The van der Waals surface area contributed by atoms with E-state index in [0.29, 0.717) is 25.1 Å². The Bertz CT molecular complexity index is 428. The quantitative estimate of drug-likeness (QED) is 0.773. The van der Waals surface area contributed by atoms with Crippen LogP contribution in [0, 0.1) is 0 Å². The minimum atomic E-state index is -0.821. The average molecular weight is 235 g/mol. The van der Waals surface area contributed by atoms with E-state index < -0.39 is 5.60 Å². The van der Waals surface area contributed by atoms with Crippen LogP contribution in [0.2, 0.25) is 0 Å². The maximum Gasteiger partial charge on any atom is 0.257 e. The lowest BCUT2D eigenvalue weighted by molar-refractivity contribution is -0.0108. The Balaban J connectivity index is 2.18. The molecule has 4 nitrogen and oxygen atoms in total. The number of rotatable bonds is 1. The van der Waals surface area contributed by atoms with Crippen molar-refractivity contribution < 1.29 is 15.0 Å². The van der Waals surface area contributed by atoms with Gasteiger partial charge >= 0.3 is 0 Å². The zero-order valence-corrected chi connectivity index (χ0v) is 9.89. The van der Waals surface area contributed by atoms with Crippen LogP contribution in [0.4, 0.5) is 0 Å². The number of aromatic hydroxyl groups is 1. The first-order valence-corrected chi connectivity index (χ1v) is 5.79. The largest absolute Gasteiger partial charge is 0.507 e. The van der Waals surface area contributed by atoms with E-state index in [0.717, 1.165) is 6.42 Å². The number of piperidine rings is 1. The van der Waals surface area contributed by atoms with E-state index in [4.69, 9.17) is 0 Å². The summed E-state index contributed by atoms with van der Waals surface area (Å²) in [5, 5.41) is 19.6. The van der Waals surface area contributed by atoms with Crippen LogP contribution in [0.15, 0.2) is 24.3 Å². The molecule has 1 aromatic rings. The van der Waals surface area contributed by atoms with Crippen molar-refractivity contribution in [1.82, 2.24) is 4.90 Å². The van der Waals surface area contributed by atoms with Crippen LogP contribution in [0.3, 0.4) is 0 Å². The number of carbonyl (C=O) groups is 1. The molecule has 1 aliphatic heterocycles. The van der Waals surface area contributed by atoms with Crippen LogP contribution in [-0.4, -0.2) is 39.7 Å². The number of β-amino-alcohol motifs (C(OH)–C–C–N with tert-alkyl or cyclic N) is 1. The van der Waals surface area contributed by atoms with Crippen LogP contribution in [0.25, 0.3) is 0 Å². The number of nitrogens with zero attached hydrogens (tertiary/aromatic N) is 1. The molecule has 2 rings (SSSR count). The highest BCUT2D eigenvalue weighted by Gasteiger charge is 2.31. The van der Waals surface area contributed by atoms with Gasteiger partial charge in [0.25, 0.3) is 5.91 Å². The van der Waals surface area contributed by atoms with Gasteiger partial charge < -0.3 is 15.1 Å². The van der Waals surface area contributed by atoms with Gasteiger partial charge in [0.2, 0.25) is 0 Å². The lowest BCUT2D eigenvalue weighted by Gasteiger charge is -2.36. The van der Waals surface area contributed by atoms with Crippen molar-refractivity contribution in [2.75, 3.05) is 13.1 Å². The van der Waals surface area contributed by atoms with Gasteiger partial charge in [-0.25, -0.2) is 0 Å². The molecule has 0 radical (unpaired) electrons. The first kappa shape index (κ1) is 11.9. The van der Waals surface area contributed by atoms with Crippen LogP contribution >= 0.6 is 0 Å². The van der Waals surface area contributed by atoms with Gasteiger partial charge in [-0.2, -0.15) is 0 Å². The fraction of sp³-hybridized carbons (Fsp3) is 0.462. The third kappa shape index (κ3) is 2.58. The molecule has 0 saturated carbocycles. The Hall–Kier alpha value is -1.55. The summed E-state index contributed by atoms with van der Waals surface area (Å²) < 4.78 is 0. The average Bonchev–Trinajstić information content (AvgIpc) is 2.27. The number of amides is 1. The Morgan fingerprint density at radius 2 is 2.12 bits per heavy atom. The van der Waals surface area contributed by atoms with Gasteiger partial charge in [-0.3, -0.25) is 4.79 Å². The maximum absolute atomic E-state index is 12.2. The molecule has 0 spiro atoms. The van der Waals surface area contributed by atoms with Gasteiger partial charge in [-0.1, -0.05) is 12.1 Å². The topological polar surface area (TPSA) is 60.8 Å². The van der Waals surface area contributed by atoms with Crippen LogP contribution in [0.5, 0.6) is 5.75 Å². The molecule has 0 bridgehead atoms. The summed E-state index contributed by atoms with van der Waals surface area (Å²) in [5.74, 6) is -0.231. The van der Waals surface area contributed by atoms with E-state index in [2.05, 4.69) is 0 Å². The minimum absolute atomic E-state index is 0.0114. The number of phenols is 1. The summed E-state index contributed by atoms with van der Waals surface area (Å²) in [5.41, 5.74) is -0.525. The second kappa shape index (κ2) is 4.37. The van der Waals surface area contributed by atoms with E-state index in [9.17, 15) is 15.0 Å². The van der Waals surface area contributed by atoms with E-state index in [1.807, 2.05) is 0 Å². The molecule has 1 fully saturated rings. The summed E-state index contributed by atoms with van der Waals surface area (Å²) >= 11 is 0. The lowest BCUT2D eigenvalue weighted by atomic mass is 9.94. The van der Waals surface area contributed by atoms with Crippen molar-refractivity contribution in [2.45, 2.75) is 25.4 Å². The Kier molecular flexibility index (Phi) is 3.07. The Morgan fingerprint density at radius 1 is 1.41 bits per heavy atom. The number of carbonyl (C=O) groups excluding carboxylic acids is 1. The number of aliphatic hydroxyl groups is 1. The van der Waals surface area contributed by atoms with Gasteiger partial charge in [0.15, 0.2) is 0 Å².